The fourth-order valence-corrected chi connectivity index (χ4v) is 8.05. The SMILES string of the molecule is Cc1ccc(C)c(N2C/C=C\CCC(=O)OC[C@H](c3ccccc3)NC(=O)[C@H]3[C@@H]4O[C@@]5(C=C4Br)[C@@H]3C(=O)N(CCCCO)[C@@H]5C2=O)c1. The van der Waals surface area contributed by atoms with Gasteiger partial charge in [-0.2, -0.15) is 0 Å². The van der Waals surface area contributed by atoms with Gasteiger partial charge in [-0.05, 0) is 61.9 Å². The van der Waals surface area contributed by atoms with E-state index in [0.717, 1.165) is 16.7 Å². The summed E-state index contributed by atoms with van der Waals surface area (Å²) in [6.07, 6.45) is 6.21. The number of hydrogen-bond donors (Lipinski definition) is 2. The number of fused-ring (bicyclic) bond motifs is 2. The minimum Gasteiger partial charge on any atom is -0.463 e. The molecule has 2 N–H and O–H groups in total. The van der Waals surface area contributed by atoms with Crippen molar-refractivity contribution in [2.75, 3.05) is 31.2 Å². The first kappa shape index (κ1) is 33.1. The number of hydrogen-bond acceptors (Lipinski definition) is 7. The molecule has 1 spiro atoms. The number of aliphatic hydroxyl groups excluding tert-OH is 1. The van der Waals surface area contributed by atoms with Gasteiger partial charge in [0, 0.05) is 36.3 Å². The predicted molar refractivity (Wildman–Crippen MR) is 178 cm³/mol. The maximum atomic E-state index is 15.0. The first-order valence-electron chi connectivity index (χ1n) is 16.2. The van der Waals surface area contributed by atoms with Gasteiger partial charge in [-0.1, -0.05) is 70.5 Å². The van der Waals surface area contributed by atoms with Crippen molar-refractivity contribution in [2.24, 2.45) is 11.8 Å². The Kier molecular flexibility index (Phi) is 9.68. The molecule has 248 valence electrons. The second-order valence-electron chi connectivity index (χ2n) is 12.7. The smallest absolute Gasteiger partial charge is 0.306 e. The second-order valence-corrected chi connectivity index (χ2v) is 13.6. The molecular formula is C36H40BrN3O7. The summed E-state index contributed by atoms with van der Waals surface area (Å²) < 4.78 is 12.9. The molecule has 4 heterocycles. The van der Waals surface area contributed by atoms with Crippen LogP contribution < -0.4 is 10.2 Å². The summed E-state index contributed by atoms with van der Waals surface area (Å²) in [6, 6.07) is 13.4. The molecule has 0 saturated carbocycles. The maximum absolute atomic E-state index is 15.0. The van der Waals surface area contributed by atoms with Gasteiger partial charge in [-0.3, -0.25) is 19.2 Å². The van der Waals surface area contributed by atoms with E-state index in [-0.39, 0.29) is 44.5 Å². The fraction of sp³-hybridized carbons (Fsp3) is 0.444. The van der Waals surface area contributed by atoms with E-state index in [1.807, 2.05) is 74.5 Å². The lowest BCUT2D eigenvalue weighted by atomic mass is 9.74. The number of esters is 1. The summed E-state index contributed by atoms with van der Waals surface area (Å²) in [4.78, 5) is 59.7. The zero-order valence-corrected chi connectivity index (χ0v) is 28.1. The van der Waals surface area contributed by atoms with Crippen LogP contribution in [0.5, 0.6) is 0 Å². The zero-order chi connectivity index (χ0) is 33.3. The summed E-state index contributed by atoms with van der Waals surface area (Å²) in [5.74, 6) is -3.38. The Balaban J connectivity index is 1.46. The summed E-state index contributed by atoms with van der Waals surface area (Å²) in [6.45, 7) is 4.18. The van der Waals surface area contributed by atoms with Crippen molar-refractivity contribution in [1.29, 1.82) is 0 Å². The Morgan fingerprint density at radius 2 is 1.81 bits per heavy atom. The Morgan fingerprint density at radius 1 is 1.02 bits per heavy atom. The molecule has 4 aliphatic heterocycles. The van der Waals surface area contributed by atoms with Gasteiger partial charge in [0.1, 0.15) is 24.4 Å². The van der Waals surface area contributed by atoms with Crippen molar-refractivity contribution in [3.63, 3.8) is 0 Å². The van der Waals surface area contributed by atoms with Gasteiger partial charge in [0.05, 0.1) is 17.9 Å². The molecule has 5 bridgehead atoms. The van der Waals surface area contributed by atoms with Crippen LogP contribution in [-0.4, -0.2) is 77.7 Å². The number of carbonyl (C=O) groups excluding carboxylic acids is 4. The van der Waals surface area contributed by atoms with Crippen LogP contribution in [0.25, 0.3) is 0 Å². The summed E-state index contributed by atoms with van der Waals surface area (Å²) in [7, 11) is 0. The first-order chi connectivity index (χ1) is 22.7. The molecule has 3 amide bonds. The topological polar surface area (TPSA) is 125 Å². The van der Waals surface area contributed by atoms with E-state index in [4.69, 9.17) is 9.47 Å². The lowest BCUT2D eigenvalue weighted by Gasteiger charge is -2.36. The molecule has 2 aromatic carbocycles. The number of carbonyl (C=O) groups is 4. The number of amides is 3. The van der Waals surface area contributed by atoms with Gasteiger partial charge in [-0.15, -0.1) is 0 Å². The molecular weight excluding hydrogens is 666 g/mol. The predicted octanol–water partition coefficient (Wildman–Crippen LogP) is 4.03. The van der Waals surface area contributed by atoms with Crippen LogP contribution in [0.3, 0.4) is 0 Å². The highest BCUT2D eigenvalue weighted by Gasteiger charge is 2.74. The normalized spacial score (nSPS) is 30.2. The van der Waals surface area contributed by atoms with Gasteiger partial charge in [0.2, 0.25) is 11.8 Å². The number of nitrogens with zero attached hydrogens (tertiary/aromatic N) is 2. The van der Waals surface area contributed by atoms with E-state index < -0.39 is 47.5 Å². The van der Waals surface area contributed by atoms with E-state index in [1.54, 1.807) is 15.9 Å². The molecule has 2 saturated heterocycles. The minimum absolute atomic E-state index is 0.0465. The maximum Gasteiger partial charge on any atom is 0.306 e. The Bertz CT molecular complexity index is 1610. The molecule has 4 aliphatic rings. The van der Waals surface area contributed by atoms with Crippen LogP contribution in [0, 0.1) is 25.7 Å². The molecule has 11 heteroatoms. The lowest BCUT2D eigenvalue weighted by Crippen LogP contribution is -2.56. The van der Waals surface area contributed by atoms with E-state index in [0.29, 0.717) is 29.4 Å². The number of aliphatic hydroxyl groups is 1. The fourth-order valence-electron chi connectivity index (χ4n) is 7.32. The summed E-state index contributed by atoms with van der Waals surface area (Å²) >= 11 is 3.62. The number of halogens is 1. The van der Waals surface area contributed by atoms with Crippen molar-refractivity contribution in [3.05, 3.63) is 87.9 Å². The molecule has 2 aromatic rings. The van der Waals surface area contributed by atoms with Crippen LogP contribution in [0.4, 0.5) is 5.69 Å². The standard InChI is InChI=1S/C36H40BrN3O7/c1-22-14-15-23(2)27(19-22)39-16-8-4-7-13-28(42)46-21-26(24-11-5-3-6-12-24)38-33(43)29-30-34(44)40(17-9-10-18-41)32(35(39)45)36(30)20-25(37)31(29)47-36/h3-6,8,11-12,14-15,19-20,26,29-32,41H,7,9-10,13,16-18,21H2,1-2H3,(H,38,43)/b8-4-/t26-,29-,30+,31-,32-,36+/m1/s1. The highest BCUT2D eigenvalue weighted by atomic mass is 79.9. The average molecular weight is 707 g/mol. The van der Waals surface area contributed by atoms with Crippen LogP contribution in [0.15, 0.2) is 71.2 Å². The molecule has 47 heavy (non-hydrogen) atoms. The second kappa shape index (κ2) is 13.7. The number of allylic oxidation sites excluding steroid dienone is 1. The summed E-state index contributed by atoms with van der Waals surface area (Å²) in [5, 5.41) is 12.6. The molecule has 0 aliphatic carbocycles. The molecule has 0 radical (unpaired) electrons. The van der Waals surface area contributed by atoms with Crippen molar-refractivity contribution in [2.45, 2.75) is 63.3 Å². The van der Waals surface area contributed by atoms with Crippen LogP contribution in [-0.2, 0) is 28.7 Å². The molecule has 2 fully saturated rings. The van der Waals surface area contributed by atoms with Gasteiger partial charge >= 0.3 is 5.97 Å². The summed E-state index contributed by atoms with van der Waals surface area (Å²) in [5.41, 5.74) is 1.92. The van der Waals surface area contributed by atoms with Gasteiger partial charge in [0.15, 0.2) is 0 Å². The Labute approximate surface area is 282 Å². The first-order valence-corrected chi connectivity index (χ1v) is 17.0. The van der Waals surface area contributed by atoms with E-state index >= 15 is 4.79 Å². The number of aryl methyl sites for hydroxylation is 2. The number of benzene rings is 2. The van der Waals surface area contributed by atoms with Crippen LogP contribution in [0.1, 0.15) is 48.4 Å². The average Bonchev–Trinajstić information content (AvgIpc) is 3.65. The van der Waals surface area contributed by atoms with E-state index in [9.17, 15) is 19.5 Å². The Hall–Kier alpha value is -3.80. The third-order valence-electron chi connectivity index (χ3n) is 9.59. The number of rotatable bonds is 6. The Morgan fingerprint density at radius 3 is 2.57 bits per heavy atom. The van der Waals surface area contributed by atoms with Crippen LogP contribution >= 0.6 is 15.9 Å². The van der Waals surface area contributed by atoms with E-state index in [1.165, 1.54) is 0 Å². The number of nitrogens with one attached hydrogen (secondary N) is 1. The third kappa shape index (κ3) is 6.16. The molecule has 0 aromatic heterocycles. The minimum atomic E-state index is -1.39. The lowest BCUT2D eigenvalue weighted by molar-refractivity contribution is -0.145. The number of ether oxygens (including phenoxy) is 2. The van der Waals surface area contributed by atoms with Gasteiger partial charge in [-0.25, -0.2) is 0 Å². The molecule has 6 rings (SSSR count). The zero-order valence-electron chi connectivity index (χ0n) is 26.6. The highest BCUT2D eigenvalue weighted by molar-refractivity contribution is 9.11. The number of unbranched alkanes of at least 4 members (excludes halogenated alkanes) is 1. The van der Waals surface area contributed by atoms with Gasteiger partial charge < -0.3 is 29.7 Å². The third-order valence-corrected chi connectivity index (χ3v) is 10.3. The van der Waals surface area contributed by atoms with Crippen molar-refractivity contribution in [1.82, 2.24) is 10.2 Å². The van der Waals surface area contributed by atoms with E-state index in [2.05, 4.69) is 21.2 Å². The number of likely N-dealkylation sites (tertiary alicyclic amines) is 1. The monoisotopic (exact) mass is 705 g/mol. The van der Waals surface area contributed by atoms with Crippen molar-refractivity contribution in [3.8, 4) is 0 Å². The largest absolute Gasteiger partial charge is 0.463 e. The highest BCUT2D eigenvalue weighted by Crippen LogP contribution is 2.58. The molecule has 0 unspecified atom stereocenters. The molecule has 6 atom stereocenters. The number of cyclic esters (lactones) is 1. The molecule has 10 nitrogen and oxygen atoms in total. The number of anilines is 1. The van der Waals surface area contributed by atoms with Crippen LogP contribution in [0.2, 0.25) is 0 Å². The van der Waals surface area contributed by atoms with Gasteiger partial charge in [0.25, 0.3) is 5.91 Å². The quantitative estimate of drug-likeness (QED) is 0.264. The van der Waals surface area contributed by atoms with Crippen molar-refractivity contribution < 1.29 is 33.8 Å². The van der Waals surface area contributed by atoms with Crippen molar-refractivity contribution >= 4 is 45.3 Å².